The third kappa shape index (κ3) is 4.57. The highest BCUT2D eigenvalue weighted by Gasteiger charge is 2.09. The number of fused-ring (bicyclic) bond motifs is 1. The molecular formula is C22H20N4O3. The normalized spacial score (nSPS) is 10.9. The number of hydrogen-bond acceptors (Lipinski definition) is 5. The first-order valence-electron chi connectivity index (χ1n) is 9.44. The van der Waals surface area contributed by atoms with Crippen LogP contribution >= 0.6 is 0 Å². The second-order valence-corrected chi connectivity index (χ2v) is 6.64. The minimum absolute atomic E-state index is 0.104. The highest BCUT2D eigenvalue weighted by Crippen LogP contribution is 2.19. The SMILES string of the molecule is O=C(CCCc1nc2ccccc2c(=O)[nH]1)NCc1ncc(-c2ccccc2)o1. The molecule has 2 aromatic carbocycles. The molecule has 0 aliphatic carbocycles. The Kier molecular flexibility index (Phi) is 5.47. The summed E-state index contributed by atoms with van der Waals surface area (Å²) in [6.07, 6.45) is 3.07. The molecule has 4 aromatic rings. The number of para-hydroxylation sites is 1. The predicted molar refractivity (Wildman–Crippen MR) is 109 cm³/mol. The van der Waals surface area contributed by atoms with E-state index in [0.717, 1.165) is 5.56 Å². The number of rotatable bonds is 7. The fourth-order valence-electron chi connectivity index (χ4n) is 3.06. The van der Waals surface area contributed by atoms with Gasteiger partial charge in [-0.05, 0) is 18.6 Å². The van der Waals surface area contributed by atoms with E-state index < -0.39 is 0 Å². The second-order valence-electron chi connectivity index (χ2n) is 6.64. The van der Waals surface area contributed by atoms with Gasteiger partial charge in [-0.25, -0.2) is 9.97 Å². The van der Waals surface area contributed by atoms with Gasteiger partial charge in [0, 0.05) is 18.4 Å². The zero-order valence-corrected chi connectivity index (χ0v) is 15.7. The summed E-state index contributed by atoms with van der Waals surface area (Å²) in [5.41, 5.74) is 1.44. The van der Waals surface area contributed by atoms with Crippen molar-refractivity contribution in [1.29, 1.82) is 0 Å². The molecule has 2 heterocycles. The Labute approximate surface area is 166 Å². The number of carbonyl (C=O) groups excluding carboxylic acids is 1. The van der Waals surface area contributed by atoms with Crippen molar-refractivity contribution in [1.82, 2.24) is 20.3 Å². The number of oxazole rings is 1. The van der Waals surface area contributed by atoms with Crippen LogP contribution in [0.2, 0.25) is 0 Å². The molecule has 2 N–H and O–H groups in total. The van der Waals surface area contributed by atoms with Crippen LogP contribution < -0.4 is 10.9 Å². The van der Waals surface area contributed by atoms with E-state index in [2.05, 4.69) is 20.3 Å². The largest absolute Gasteiger partial charge is 0.439 e. The van der Waals surface area contributed by atoms with Crippen LogP contribution in [0, 0.1) is 0 Å². The molecule has 7 nitrogen and oxygen atoms in total. The Hall–Kier alpha value is -3.74. The predicted octanol–water partition coefficient (Wildman–Crippen LogP) is 3.22. The molecular weight excluding hydrogens is 368 g/mol. The van der Waals surface area contributed by atoms with Crippen molar-refractivity contribution in [3.8, 4) is 11.3 Å². The first-order valence-corrected chi connectivity index (χ1v) is 9.44. The van der Waals surface area contributed by atoms with Gasteiger partial charge in [-0.15, -0.1) is 0 Å². The van der Waals surface area contributed by atoms with Crippen molar-refractivity contribution < 1.29 is 9.21 Å². The molecule has 0 aliphatic rings. The topological polar surface area (TPSA) is 101 Å². The van der Waals surface area contributed by atoms with E-state index in [1.165, 1.54) is 0 Å². The van der Waals surface area contributed by atoms with Crippen molar-refractivity contribution in [2.45, 2.75) is 25.8 Å². The minimum Gasteiger partial charge on any atom is -0.439 e. The van der Waals surface area contributed by atoms with Gasteiger partial charge in [-0.2, -0.15) is 0 Å². The van der Waals surface area contributed by atoms with Crippen LogP contribution in [0.3, 0.4) is 0 Å². The number of aromatic amines is 1. The van der Waals surface area contributed by atoms with E-state index in [1.54, 1.807) is 24.4 Å². The zero-order chi connectivity index (χ0) is 20.1. The number of hydrogen-bond donors (Lipinski definition) is 2. The van der Waals surface area contributed by atoms with Crippen molar-refractivity contribution in [2.24, 2.45) is 0 Å². The number of benzene rings is 2. The fraction of sp³-hybridized carbons (Fsp3) is 0.182. The number of aryl methyl sites for hydroxylation is 1. The Morgan fingerprint density at radius 2 is 1.86 bits per heavy atom. The van der Waals surface area contributed by atoms with E-state index in [4.69, 9.17) is 4.42 Å². The molecule has 29 heavy (non-hydrogen) atoms. The molecule has 0 radical (unpaired) electrons. The molecule has 0 bridgehead atoms. The monoisotopic (exact) mass is 388 g/mol. The second kappa shape index (κ2) is 8.52. The van der Waals surface area contributed by atoms with Crippen molar-refractivity contribution in [3.63, 3.8) is 0 Å². The summed E-state index contributed by atoms with van der Waals surface area (Å²) in [6, 6.07) is 16.9. The smallest absolute Gasteiger partial charge is 0.258 e. The molecule has 0 atom stereocenters. The molecule has 146 valence electrons. The standard InChI is InChI=1S/C22H20N4O3/c27-20(23-14-21-24-13-18(29-21)15-7-2-1-3-8-15)12-6-11-19-25-17-10-5-4-9-16(17)22(28)26-19/h1-5,7-10,13H,6,11-12,14H2,(H,23,27)(H,25,26,28). The molecule has 0 saturated carbocycles. The number of carbonyl (C=O) groups is 1. The van der Waals surface area contributed by atoms with Gasteiger partial charge in [-0.3, -0.25) is 9.59 Å². The summed E-state index contributed by atoms with van der Waals surface area (Å²) in [7, 11) is 0. The Morgan fingerprint density at radius 1 is 1.07 bits per heavy atom. The Bertz CT molecular complexity index is 1180. The first kappa shape index (κ1) is 18.6. The van der Waals surface area contributed by atoms with Crippen LogP contribution in [0.1, 0.15) is 24.6 Å². The van der Waals surface area contributed by atoms with Gasteiger partial charge in [0.25, 0.3) is 5.56 Å². The molecule has 1 amide bonds. The summed E-state index contributed by atoms with van der Waals surface area (Å²) in [5, 5.41) is 3.37. The average molecular weight is 388 g/mol. The van der Waals surface area contributed by atoms with E-state index in [9.17, 15) is 9.59 Å². The minimum atomic E-state index is -0.159. The Balaban J connectivity index is 1.27. The molecule has 7 heteroatoms. The van der Waals surface area contributed by atoms with Crippen molar-refractivity contribution >= 4 is 16.8 Å². The molecule has 0 aliphatic heterocycles. The molecule has 0 spiro atoms. The van der Waals surface area contributed by atoms with Crippen molar-refractivity contribution in [3.05, 3.63) is 82.9 Å². The highest BCUT2D eigenvalue weighted by molar-refractivity contribution is 5.77. The highest BCUT2D eigenvalue weighted by atomic mass is 16.4. The maximum Gasteiger partial charge on any atom is 0.258 e. The number of nitrogens with zero attached hydrogens (tertiary/aromatic N) is 2. The molecule has 4 rings (SSSR count). The van der Waals surface area contributed by atoms with Gasteiger partial charge in [0.2, 0.25) is 11.8 Å². The maximum absolute atomic E-state index is 12.1. The lowest BCUT2D eigenvalue weighted by Crippen LogP contribution is -2.22. The maximum atomic E-state index is 12.1. The lowest BCUT2D eigenvalue weighted by atomic mass is 10.2. The summed E-state index contributed by atoms with van der Waals surface area (Å²) < 4.78 is 5.67. The van der Waals surface area contributed by atoms with Gasteiger partial charge in [0.05, 0.1) is 23.6 Å². The molecule has 0 unspecified atom stereocenters. The number of H-pyrrole nitrogens is 1. The Morgan fingerprint density at radius 3 is 2.72 bits per heavy atom. The van der Waals surface area contributed by atoms with Gasteiger partial charge >= 0.3 is 0 Å². The van der Waals surface area contributed by atoms with Gasteiger partial charge in [-0.1, -0.05) is 42.5 Å². The average Bonchev–Trinajstić information content (AvgIpc) is 3.22. The lowest BCUT2D eigenvalue weighted by Gasteiger charge is -2.04. The summed E-state index contributed by atoms with van der Waals surface area (Å²) >= 11 is 0. The fourth-order valence-corrected chi connectivity index (χ4v) is 3.06. The number of amides is 1. The molecule has 0 saturated heterocycles. The quantitative estimate of drug-likeness (QED) is 0.506. The van der Waals surface area contributed by atoms with E-state index >= 15 is 0 Å². The van der Waals surface area contributed by atoms with Crippen LogP contribution in [0.15, 0.2) is 70.0 Å². The lowest BCUT2D eigenvalue weighted by molar-refractivity contribution is -0.121. The van der Waals surface area contributed by atoms with E-state index in [-0.39, 0.29) is 18.0 Å². The van der Waals surface area contributed by atoms with Crippen LogP contribution in [0.4, 0.5) is 0 Å². The number of nitrogens with one attached hydrogen (secondary N) is 2. The van der Waals surface area contributed by atoms with Gasteiger partial charge in [0.15, 0.2) is 5.76 Å². The van der Waals surface area contributed by atoms with Crippen LogP contribution in [0.5, 0.6) is 0 Å². The third-order valence-corrected chi connectivity index (χ3v) is 4.53. The van der Waals surface area contributed by atoms with Crippen LogP contribution in [-0.4, -0.2) is 20.9 Å². The number of aromatic nitrogens is 3. The van der Waals surface area contributed by atoms with Crippen LogP contribution in [0.25, 0.3) is 22.2 Å². The van der Waals surface area contributed by atoms with Gasteiger partial charge < -0.3 is 14.7 Å². The summed E-state index contributed by atoms with van der Waals surface area (Å²) in [4.78, 5) is 35.6. The zero-order valence-electron chi connectivity index (χ0n) is 15.7. The molecule has 2 aromatic heterocycles. The first-order chi connectivity index (χ1) is 14.2. The van der Waals surface area contributed by atoms with Crippen molar-refractivity contribution in [2.75, 3.05) is 0 Å². The summed E-state index contributed by atoms with van der Waals surface area (Å²) in [6.45, 7) is 0.233. The van der Waals surface area contributed by atoms with E-state index in [0.29, 0.717) is 47.6 Å². The molecule has 0 fully saturated rings. The summed E-state index contributed by atoms with van der Waals surface area (Å²) in [5.74, 6) is 1.60. The van der Waals surface area contributed by atoms with E-state index in [1.807, 2.05) is 36.4 Å². The van der Waals surface area contributed by atoms with Gasteiger partial charge in [0.1, 0.15) is 5.82 Å². The van der Waals surface area contributed by atoms with Crippen LogP contribution in [-0.2, 0) is 17.8 Å². The third-order valence-electron chi connectivity index (χ3n) is 4.53.